The van der Waals surface area contributed by atoms with Gasteiger partial charge in [-0.25, -0.2) is 4.98 Å². The maximum absolute atomic E-state index is 4.51. The van der Waals surface area contributed by atoms with Gasteiger partial charge in [0.2, 0.25) is 0 Å². The molecule has 3 nitrogen and oxygen atoms in total. The molecule has 0 aromatic carbocycles. The number of anilines is 1. The van der Waals surface area contributed by atoms with Crippen molar-refractivity contribution in [1.82, 2.24) is 9.88 Å². The second kappa shape index (κ2) is 4.63. The van der Waals surface area contributed by atoms with Crippen LogP contribution in [0.3, 0.4) is 0 Å². The molecule has 3 rings (SSSR count). The highest BCUT2D eigenvalue weighted by atomic mass is 79.9. The summed E-state index contributed by atoms with van der Waals surface area (Å²) in [5.74, 6) is 0. The molecule has 1 unspecified atom stereocenters. The summed E-state index contributed by atoms with van der Waals surface area (Å²) in [6, 6.07) is 0.769. The summed E-state index contributed by atoms with van der Waals surface area (Å²) in [5, 5.41) is 3.25. The molecule has 2 aliphatic heterocycles. The zero-order chi connectivity index (χ0) is 11.0. The number of nitrogens with zero attached hydrogens (tertiary/aromatic N) is 3. The molecule has 1 atom stereocenters. The van der Waals surface area contributed by atoms with E-state index >= 15 is 0 Å². The normalized spacial score (nSPS) is 26.8. The molecule has 1 aromatic rings. The number of halogens is 1. The fourth-order valence-corrected chi connectivity index (χ4v) is 4.01. The summed E-state index contributed by atoms with van der Waals surface area (Å²) in [4.78, 5) is 9.62. The molecular formula is C11H16BrN3S. The fraction of sp³-hybridized carbons (Fsp3) is 0.727. The zero-order valence-corrected chi connectivity index (χ0v) is 11.6. The van der Waals surface area contributed by atoms with E-state index in [0.717, 1.165) is 17.2 Å². The van der Waals surface area contributed by atoms with Crippen molar-refractivity contribution >= 4 is 32.4 Å². The van der Waals surface area contributed by atoms with Crippen LogP contribution in [0, 0.1) is 0 Å². The lowest BCUT2D eigenvalue weighted by Crippen LogP contribution is -2.54. The van der Waals surface area contributed by atoms with E-state index < -0.39 is 0 Å². The first-order chi connectivity index (χ1) is 7.83. The van der Waals surface area contributed by atoms with Gasteiger partial charge in [0.1, 0.15) is 4.60 Å². The molecule has 2 fully saturated rings. The summed E-state index contributed by atoms with van der Waals surface area (Å²) < 4.78 is 0.971. The van der Waals surface area contributed by atoms with Crippen LogP contribution in [0.15, 0.2) is 9.98 Å². The van der Waals surface area contributed by atoms with Crippen LogP contribution in [-0.2, 0) is 0 Å². The van der Waals surface area contributed by atoms with E-state index in [0.29, 0.717) is 0 Å². The van der Waals surface area contributed by atoms with Gasteiger partial charge in [0, 0.05) is 31.1 Å². The number of piperazine rings is 1. The van der Waals surface area contributed by atoms with Gasteiger partial charge < -0.3 is 4.90 Å². The standard InChI is InChI=1S/C11H16BrN3S/c12-10-8-16-11(13-10)15-6-5-14-4-2-1-3-9(14)7-15/h8-9H,1-7H2. The highest BCUT2D eigenvalue weighted by Crippen LogP contribution is 2.28. The molecule has 0 spiro atoms. The van der Waals surface area contributed by atoms with Crippen molar-refractivity contribution in [2.45, 2.75) is 25.3 Å². The van der Waals surface area contributed by atoms with Crippen LogP contribution >= 0.6 is 27.3 Å². The largest absolute Gasteiger partial charge is 0.345 e. The van der Waals surface area contributed by atoms with E-state index in [4.69, 9.17) is 0 Å². The Balaban J connectivity index is 1.70. The van der Waals surface area contributed by atoms with Gasteiger partial charge in [0.15, 0.2) is 5.13 Å². The summed E-state index contributed by atoms with van der Waals surface area (Å²) in [7, 11) is 0. The molecule has 16 heavy (non-hydrogen) atoms. The van der Waals surface area contributed by atoms with Crippen molar-refractivity contribution in [2.75, 3.05) is 31.1 Å². The van der Waals surface area contributed by atoms with Crippen LogP contribution in [0.5, 0.6) is 0 Å². The lowest BCUT2D eigenvalue weighted by Gasteiger charge is -2.43. The van der Waals surface area contributed by atoms with E-state index in [-0.39, 0.29) is 0 Å². The molecule has 0 radical (unpaired) electrons. The number of piperidine rings is 1. The Morgan fingerprint density at radius 3 is 3.06 bits per heavy atom. The number of thiazole rings is 1. The average Bonchev–Trinajstić information content (AvgIpc) is 2.75. The van der Waals surface area contributed by atoms with Crippen LogP contribution in [0.1, 0.15) is 19.3 Å². The summed E-state index contributed by atoms with van der Waals surface area (Å²) in [6.45, 7) is 4.82. The Morgan fingerprint density at radius 1 is 1.31 bits per heavy atom. The van der Waals surface area contributed by atoms with Crippen LogP contribution in [-0.4, -0.2) is 42.1 Å². The van der Waals surface area contributed by atoms with Gasteiger partial charge in [-0.15, -0.1) is 11.3 Å². The van der Waals surface area contributed by atoms with Crippen molar-refractivity contribution in [3.63, 3.8) is 0 Å². The number of fused-ring (bicyclic) bond motifs is 1. The maximum Gasteiger partial charge on any atom is 0.186 e. The first kappa shape index (κ1) is 11.0. The molecule has 2 saturated heterocycles. The predicted octanol–water partition coefficient (Wildman–Crippen LogP) is 2.58. The quantitative estimate of drug-likeness (QED) is 0.795. The molecule has 5 heteroatoms. The number of aromatic nitrogens is 1. The smallest absolute Gasteiger partial charge is 0.186 e. The Hall–Kier alpha value is -0.130. The second-order valence-corrected chi connectivity index (χ2v) is 6.23. The van der Waals surface area contributed by atoms with Crippen molar-refractivity contribution in [2.24, 2.45) is 0 Å². The van der Waals surface area contributed by atoms with Crippen molar-refractivity contribution in [1.29, 1.82) is 0 Å². The maximum atomic E-state index is 4.51. The highest BCUT2D eigenvalue weighted by molar-refractivity contribution is 9.10. The van der Waals surface area contributed by atoms with Gasteiger partial charge in [-0.1, -0.05) is 6.42 Å². The number of hydrogen-bond acceptors (Lipinski definition) is 4. The molecule has 0 aliphatic carbocycles. The minimum Gasteiger partial charge on any atom is -0.345 e. The van der Waals surface area contributed by atoms with Gasteiger partial charge in [0.25, 0.3) is 0 Å². The van der Waals surface area contributed by atoms with Crippen molar-refractivity contribution in [3.05, 3.63) is 9.98 Å². The van der Waals surface area contributed by atoms with Gasteiger partial charge in [0.05, 0.1) is 0 Å². The first-order valence-corrected chi connectivity index (χ1v) is 7.60. The van der Waals surface area contributed by atoms with E-state index in [1.165, 1.54) is 44.0 Å². The first-order valence-electron chi connectivity index (χ1n) is 5.93. The SMILES string of the molecule is Brc1csc(N2CCN3CCCCC3C2)n1. The Kier molecular flexibility index (Phi) is 3.18. The monoisotopic (exact) mass is 301 g/mol. The Labute approximate surface area is 109 Å². The molecule has 0 N–H and O–H groups in total. The highest BCUT2D eigenvalue weighted by Gasteiger charge is 2.29. The van der Waals surface area contributed by atoms with Crippen molar-refractivity contribution < 1.29 is 0 Å². The summed E-state index contributed by atoms with van der Waals surface area (Å²) in [6.07, 6.45) is 4.15. The molecule has 3 heterocycles. The van der Waals surface area contributed by atoms with Gasteiger partial charge in [-0.05, 0) is 35.3 Å². The van der Waals surface area contributed by atoms with E-state index in [9.17, 15) is 0 Å². The Bertz CT molecular complexity index is 368. The van der Waals surface area contributed by atoms with Gasteiger partial charge >= 0.3 is 0 Å². The molecule has 0 saturated carbocycles. The molecule has 0 amide bonds. The molecule has 88 valence electrons. The lowest BCUT2D eigenvalue weighted by atomic mass is 10.00. The van der Waals surface area contributed by atoms with Crippen LogP contribution in [0.25, 0.3) is 0 Å². The van der Waals surface area contributed by atoms with E-state index in [2.05, 4.69) is 36.1 Å². The zero-order valence-electron chi connectivity index (χ0n) is 9.23. The molecule has 1 aromatic heterocycles. The third-order valence-corrected chi connectivity index (χ3v) is 5.18. The molecule has 0 bridgehead atoms. The van der Waals surface area contributed by atoms with Crippen molar-refractivity contribution in [3.8, 4) is 0 Å². The average molecular weight is 302 g/mol. The molecule has 2 aliphatic rings. The minimum atomic E-state index is 0.769. The van der Waals surface area contributed by atoms with E-state index in [1.54, 1.807) is 11.3 Å². The Morgan fingerprint density at radius 2 is 2.25 bits per heavy atom. The minimum absolute atomic E-state index is 0.769. The summed E-state index contributed by atoms with van der Waals surface area (Å²) >= 11 is 5.17. The van der Waals surface area contributed by atoms with Crippen LogP contribution in [0.4, 0.5) is 5.13 Å². The summed E-state index contributed by atoms with van der Waals surface area (Å²) in [5.41, 5.74) is 0. The lowest BCUT2D eigenvalue weighted by molar-refractivity contribution is 0.133. The third-order valence-electron chi connectivity index (χ3n) is 3.57. The van der Waals surface area contributed by atoms with Gasteiger partial charge in [-0.3, -0.25) is 4.90 Å². The van der Waals surface area contributed by atoms with E-state index in [1.807, 2.05) is 0 Å². The van der Waals surface area contributed by atoms with Gasteiger partial charge in [-0.2, -0.15) is 0 Å². The topological polar surface area (TPSA) is 19.4 Å². The third kappa shape index (κ3) is 2.13. The van der Waals surface area contributed by atoms with Crippen LogP contribution < -0.4 is 4.90 Å². The fourth-order valence-electron chi connectivity index (χ4n) is 2.72. The number of rotatable bonds is 1. The second-order valence-electron chi connectivity index (χ2n) is 4.58. The predicted molar refractivity (Wildman–Crippen MR) is 71.2 cm³/mol. The van der Waals surface area contributed by atoms with Crippen LogP contribution in [0.2, 0.25) is 0 Å². The molecular weight excluding hydrogens is 286 g/mol. The number of hydrogen-bond donors (Lipinski definition) is 0.